The van der Waals surface area contributed by atoms with Crippen molar-refractivity contribution in [2.45, 2.75) is 53.0 Å². The van der Waals surface area contributed by atoms with E-state index in [0.717, 1.165) is 6.54 Å². The molecule has 0 aliphatic heterocycles. The molecule has 1 aliphatic rings. The highest BCUT2D eigenvalue weighted by atomic mass is 15.0. The first-order valence-corrected chi connectivity index (χ1v) is 6.77. The summed E-state index contributed by atoms with van der Waals surface area (Å²) in [6.45, 7) is 12.5. The van der Waals surface area contributed by atoms with Crippen LogP contribution in [0.3, 0.4) is 0 Å². The molecule has 1 heteroatoms. The Morgan fingerprint density at radius 3 is 2.47 bits per heavy atom. The standard InChI is InChI=1S/C16H25N/c1-6-17-15-10-14(16(15,4)5)13-8-7-11(2)12(3)9-13/h7-9,14-15,17H,6,10H2,1-5H3. The highest BCUT2D eigenvalue weighted by Gasteiger charge is 2.47. The van der Waals surface area contributed by atoms with Crippen LogP contribution < -0.4 is 5.32 Å². The molecule has 1 aromatic rings. The first kappa shape index (κ1) is 12.6. The lowest BCUT2D eigenvalue weighted by molar-refractivity contribution is 0.0706. The molecule has 1 fully saturated rings. The van der Waals surface area contributed by atoms with E-state index in [9.17, 15) is 0 Å². The molecule has 0 amide bonds. The first-order valence-electron chi connectivity index (χ1n) is 6.77. The first-order chi connectivity index (χ1) is 7.96. The Balaban J connectivity index is 2.17. The Labute approximate surface area is 106 Å². The van der Waals surface area contributed by atoms with Crippen LogP contribution >= 0.6 is 0 Å². The van der Waals surface area contributed by atoms with Gasteiger partial charge in [-0.05, 0) is 54.8 Å². The van der Waals surface area contributed by atoms with Crippen LogP contribution in [0.1, 0.15) is 49.8 Å². The number of hydrogen-bond donors (Lipinski definition) is 1. The quantitative estimate of drug-likeness (QED) is 0.834. The van der Waals surface area contributed by atoms with E-state index in [1.807, 2.05) is 0 Å². The third kappa shape index (κ3) is 2.13. The summed E-state index contributed by atoms with van der Waals surface area (Å²) >= 11 is 0. The molecular formula is C16H25N. The van der Waals surface area contributed by atoms with Crippen molar-refractivity contribution < 1.29 is 0 Å². The smallest absolute Gasteiger partial charge is 0.0130 e. The summed E-state index contributed by atoms with van der Waals surface area (Å²) in [6, 6.07) is 7.64. The van der Waals surface area contributed by atoms with Gasteiger partial charge in [-0.3, -0.25) is 0 Å². The molecule has 0 aromatic heterocycles. The average molecular weight is 231 g/mol. The molecule has 0 heterocycles. The molecule has 0 bridgehead atoms. The Kier molecular flexibility index (Phi) is 3.31. The lowest BCUT2D eigenvalue weighted by atomic mass is 9.56. The molecule has 1 saturated carbocycles. The molecule has 17 heavy (non-hydrogen) atoms. The number of hydrogen-bond acceptors (Lipinski definition) is 1. The van der Waals surface area contributed by atoms with Crippen molar-refractivity contribution in [2.24, 2.45) is 5.41 Å². The monoisotopic (exact) mass is 231 g/mol. The second kappa shape index (κ2) is 4.45. The van der Waals surface area contributed by atoms with E-state index in [0.29, 0.717) is 17.4 Å². The third-order valence-corrected chi connectivity index (χ3v) is 4.65. The average Bonchev–Trinajstić information content (AvgIpc) is 2.28. The van der Waals surface area contributed by atoms with Crippen molar-refractivity contribution in [2.75, 3.05) is 6.54 Å². The van der Waals surface area contributed by atoms with Crippen LogP contribution in [0, 0.1) is 19.3 Å². The molecule has 2 atom stereocenters. The van der Waals surface area contributed by atoms with Crippen LogP contribution in [-0.4, -0.2) is 12.6 Å². The second-order valence-electron chi connectivity index (χ2n) is 6.06. The number of nitrogens with one attached hydrogen (secondary N) is 1. The largest absolute Gasteiger partial charge is 0.314 e. The van der Waals surface area contributed by atoms with Crippen LogP contribution in [0.25, 0.3) is 0 Å². The van der Waals surface area contributed by atoms with Crippen LogP contribution in [0.2, 0.25) is 0 Å². The maximum absolute atomic E-state index is 3.60. The Hall–Kier alpha value is -0.820. The summed E-state index contributed by atoms with van der Waals surface area (Å²) in [4.78, 5) is 0. The number of aryl methyl sites for hydroxylation is 2. The normalized spacial score (nSPS) is 26.6. The highest BCUT2D eigenvalue weighted by molar-refractivity contribution is 5.35. The fourth-order valence-electron chi connectivity index (χ4n) is 3.07. The van der Waals surface area contributed by atoms with Crippen molar-refractivity contribution in [3.63, 3.8) is 0 Å². The zero-order chi connectivity index (χ0) is 12.6. The second-order valence-corrected chi connectivity index (χ2v) is 6.06. The number of benzene rings is 1. The fraction of sp³-hybridized carbons (Fsp3) is 0.625. The molecule has 0 spiro atoms. The van der Waals surface area contributed by atoms with Crippen LogP contribution in [0.5, 0.6) is 0 Å². The Bertz CT molecular complexity index is 406. The van der Waals surface area contributed by atoms with Gasteiger partial charge in [0.2, 0.25) is 0 Å². The maximum atomic E-state index is 3.60. The van der Waals surface area contributed by atoms with E-state index in [-0.39, 0.29) is 0 Å². The van der Waals surface area contributed by atoms with Gasteiger partial charge in [-0.25, -0.2) is 0 Å². The summed E-state index contributed by atoms with van der Waals surface area (Å²) in [5.41, 5.74) is 4.73. The van der Waals surface area contributed by atoms with Gasteiger partial charge < -0.3 is 5.32 Å². The summed E-state index contributed by atoms with van der Waals surface area (Å²) in [5, 5.41) is 3.60. The molecule has 1 aliphatic carbocycles. The van der Waals surface area contributed by atoms with Gasteiger partial charge in [0.25, 0.3) is 0 Å². The third-order valence-electron chi connectivity index (χ3n) is 4.65. The minimum atomic E-state index is 0.387. The van der Waals surface area contributed by atoms with Crippen molar-refractivity contribution in [1.29, 1.82) is 0 Å². The van der Waals surface area contributed by atoms with Gasteiger partial charge in [0.05, 0.1) is 0 Å². The van der Waals surface area contributed by atoms with Gasteiger partial charge in [-0.15, -0.1) is 0 Å². The van der Waals surface area contributed by atoms with Gasteiger partial charge in [0, 0.05) is 6.04 Å². The van der Waals surface area contributed by atoms with Crippen molar-refractivity contribution in [3.05, 3.63) is 34.9 Å². The van der Waals surface area contributed by atoms with Gasteiger partial charge >= 0.3 is 0 Å². The van der Waals surface area contributed by atoms with Crippen molar-refractivity contribution in [1.82, 2.24) is 5.32 Å². The minimum absolute atomic E-state index is 0.387. The Morgan fingerprint density at radius 1 is 1.24 bits per heavy atom. The lowest BCUT2D eigenvalue weighted by Gasteiger charge is -2.53. The zero-order valence-corrected chi connectivity index (χ0v) is 11.8. The van der Waals surface area contributed by atoms with Crippen LogP contribution in [-0.2, 0) is 0 Å². The molecule has 0 radical (unpaired) electrons. The highest BCUT2D eigenvalue weighted by Crippen LogP contribution is 2.52. The predicted octanol–water partition coefficient (Wildman–Crippen LogP) is 3.80. The van der Waals surface area contributed by atoms with E-state index in [2.05, 4.69) is 58.1 Å². The van der Waals surface area contributed by atoms with E-state index in [1.54, 1.807) is 0 Å². The zero-order valence-electron chi connectivity index (χ0n) is 11.8. The Morgan fingerprint density at radius 2 is 1.94 bits per heavy atom. The van der Waals surface area contributed by atoms with Crippen molar-refractivity contribution in [3.8, 4) is 0 Å². The predicted molar refractivity (Wildman–Crippen MR) is 74.5 cm³/mol. The van der Waals surface area contributed by atoms with Crippen molar-refractivity contribution >= 4 is 0 Å². The van der Waals surface area contributed by atoms with Gasteiger partial charge in [0.1, 0.15) is 0 Å². The van der Waals surface area contributed by atoms with E-state index in [1.165, 1.54) is 23.1 Å². The maximum Gasteiger partial charge on any atom is 0.0130 e. The molecule has 1 N–H and O–H groups in total. The fourth-order valence-corrected chi connectivity index (χ4v) is 3.07. The number of rotatable bonds is 3. The SMILES string of the molecule is CCNC1CC(c2ccc(C)c(C)c2)C1(C)C. The molecule has 1 aromatic carbocycles. The molecule has 2 unspecified atom stereocenters. The van der Waals surface area contributed by atoms with E-state index < -0.39 is 0 Å². The van der Waals surface area contributed by atoms with Gasteiger partial charge in [-0.2, -0.15) is 0 Å². The summed E-state index contributed by atoms with van der Waals surface area (Å²) in [5.74, 6) is 0.714. The summed E-state index contributed by atoms with van der Waals surface area (Å²) in [6.07, 6.45) is 1.28. The van der Waals surface area contributed by atoms with E-state index >= 15 is 0 Å². The topological polar surface area (TPSA) is 12.0 Å². The van der Waals surface area contributed by atoms with Gasteiger partial charge in [-0.1, -0.05) is 39.0 Å². The lowest BCUT2D eigenvalue weighted by Crippen LogP contribution is -2.55. The van der Waals surface area contributed by atoms with E-state index in [4.69, 9.17) is 0 Å². The van der Waals surface area contributed by atoms with Gasteiger partial charge in [0.15, 0.2) is 0 Å². The summed E-state index contributed by atoms with van der Waals surface area (Å²) < 4.78 is 0. The molecular weight excluding hydrogens is 206 g/mol. The van der Waals surface area contributed by atoms with Crippen LogP contribution in [0.15, 0.2) is 18.2 Å². The van der Waals surface area contributed by atoms with Crippen LogP contribution in [0.4, 0.5) is 0 Å². The minimum Gasteiger partial charge on any atom is -0.314 e. The molecule has 94 valence electrons. The molecule has 1 nitrogen and oxygen atoms in total. The molecule has 2 rings (SSSR count). The molecule has 0 saturated heterocycles. The summed E-state index contributed by atoms with van der Waals surface area (Å²) in [7, 11) is 0.